The lowest BCUT2D eigenvalue weighted by atomic mass is 10.2. The van der Waals surface area contributed by atoms with Gasteiger partial charge in [0.1, 0.15) is 11.4 Å². The van der Waals surface area contributed by atoms with Crippen LogP contribution in [0.5, 0.6) is 5.75 Å². The summed E-state index contributed by atoms with van der Waals surface area (Å²) in [6, 6.07) is 4.79. The quantitative estimate of drug-likeness (QED) is 0.475. The van der Waals surface area contributed by atoms with E-state index >= 15 is 0 Å². The number of carbonyl (C=O) groups excluding carboxylic acids is 1. The largest absolute Gasteiger partial charge is 0.506 e. The van der Waals surface area contributed by atoms with Gasteiger partial charge in [-0.3, -0.25) is 4.79 Å². The number of aromatic hydroxyl groups is 1. The molecule has 0 atom stereocenters. The smallest absolute Gasteiger partial charge is 0.354 e. The van der Waals surface area contributed by atoms with Gasteiger partial charge in [0.2, 0.25) is 0 Å². The second-order valence-corrected chi connectivity index (χ2v) is 6.69. The van der Waals surface area contributed by atoms with Crippen LogP contribution >= 0.6 is 45.2 Å². The molecule has 110 valence electrons. The number of carbonyl (C=O) groups is 2. The van der Waals surface area contributed by atoms with Crippen LogP contribution in [0.4, 0.5) is 5.69 Å². The van der Waals surface area contributed by atoms with Crippen molar-refractivity contribution in [3.05, 3.63) is 42.3 Å². The van der Waals surface area contributed by atoms with E-state index in [9.17, 15) is 14.7 Å². The normalized spacial score (nSPS) is 10.4. The van der Waals surface area contributed by atoms with Gasteiger partial charge in [-0.05, 0) is 70.3 Å². The van der Waals surface area contributed by atoms with Gasteiger partial charge in [-0.2, -0.15) is 0 Å². The molecule has 1 amide bonds. The molecule has 2 rings (SSSR count). The SMILES string of the molecule is Cc1cc(NC(=O)c2cc(I)cc(I)c2O)c(C(=O)O)[nH]1. The van der Waals surface area contributed by atoms with E-state index < -0.39 is 11.9 Å². The molecule has 0 aliphatic rings. The Bertz CT molecular complexity index is 740. The van der Waals surface area contributed by atoms with Crippen LogP contribution in [0.15, 0.2) is 18.2 Å². The highest BCUT2D eigenvalue weighted by molar-refractivity contribution is 14.1. The van der Waals surface area contributed by atoms with Crippen molar-refractivity contribution in [2.75, 3.05) is 5.32 Å². The number of phenolic OH excluding ortho intramolecular Hbond substituents is 1. The van der Waals surface area contributed by atoms with E-state index in [4.69, 9.17) is 5.11 Å². The molecule has 8 heteroatoms. The number of carboxylic acid groups (broad SMARTS) is 1. The van der Waals surface area contributed by atoms with E-state index in [1.54, 1.807) is 13.0 Å². The molecule has 4 N–H and O–H groups in total. The number of anilines is 1. The average molecular weight is 512 g/mol. The minimum Gasteiger partial charge on any atom is -0.506 e. The molecular weight excluding hydrogens is 502 g/mol. The van der Waals surface area contributed by atoms with Gasteiger partial charge in [-0.1, -0.05) is 0 Å². The molecule has 0 radical (unpaired) electrons. The summed E-state index contributed by atoms with van der Waals surface area (Å²) in [7, 11) is 0. The van der Waals surface area contributed by atoms with Crippen LogP contribution in [-0.4, -0.2) is 27.1 Å². The Balaban J connectivity index is 2.37. The van der Waals surface area contributed by atoms with Gasteiger partial charge in [-0.15, -0.1) is 0 Å². The summed E-state index contributed by atoms with van der Waals surface area (Å²) in [6.07, 6.45) is 0. The number of carboxylic acids is 1. The third kappa shape index (κ3) is 3.48. The number of hydrogen-bond donors (Lipinski definition) is 4. The molecule has 0 saturated heterocycles. The lowest BCUT2D eigenvalue weighted by Gasteiger charge is -2.08. The van der Waals surface area contributed by atoms with Crippen molar-refractivity contribution < 1.29 is 19.8 Å². The first-order valence-electron chi connectivity index (χ1n) is 5.72. The van der Waals surface area contributed by atoms with Crippen molar-refractivity contribution in [3.63, 3.8) is 0 Å². The molecule has 1 aromatic carbocycles. The Morgan fingerprint density at radius 1 is 1.24 bits per heavy atom. The van der Waals surface area contributed by atoms with E-state index in [1.807, 2.05) is 45.2 Å². The first kappa shape index (κ1) is 16.1. The molecule has 6 nitrogen and oxygen atoms in total. The molecule has 0 fully saturated rings. The predicted octanol–water partition coefficient (Wildman–Crippen LogP) is 3.19. The van der Waals surface area contributed by atoms with Crippen LogP contribution in [0.1, 0.15) is 26.5 Å². The Hall–Kier alpha value is -1.30. The molecule has 0 aliphatic carbocycles. The third-order valence-corrected chi connectivity index (χ3v) is 4.13. The first-order chi connectivity index (χ1) is 9.79. The van der Waals surface area contributed by atoms with Crippen LogP contribution in [-0.2, 0) is 0 Å². The Morgan fingerprint density at radius 2 is 1.90 bits per heavy atom. The van der Waals surface area contributed by atoms with Gasteiger partial charge < -0.3 is 20.5 Å². The number of phenols is 1. The summed E-state index contributed by atoms with van der Waals surface area (Å²) in [6.45, 7) is 1.69. The number of halogens is 2. The van der Waals surface area contributed by atoms with E-state index in [0.29, 0.717) is 9.26 Å². The third-order valence-electron chi connectivity index (χ3n) is 2.69. The molecule has 0 saturated carbocycles. The van der Waals surface area contributed by atoms with Crippen LogP contribution in [0, 0.1) is 14.1 Å². The summed E-state index contributed by atoms with van der Waals surface area (Å²) in [5.41, 5.74) is 0.782. The van der Waals surface area contributed by atoms with E-state index in [0.717, 1.165) is 3.57 Å². The summed E-state index contributed by atoms with van der Waals surface area (Å²) in [5.74, 6) is -1.86. The maximum Gasteiger partial charge on any atom is 0.354 e. The zero-order valence-corrected chi connectivity index (χ0v) is 15.0. The topological polar surface area (TPSA) is 102 Å². The van der Waals surface area contributed by atoms with Crippen LogP contribution in [0.3, 0.4) is 0 Å². The highest BCUT2D eigenvalue weighted by Crippen LogP contribution is 2.28. The fourth-order valence-corrected chi connectivity index (χ4v) is 3.63. The van der Waals surface area contributed by atoms with Crippen LogP contribution in [0.2, 0.25) is 0 Å². The second-order valence-electron chi connectivity index (χ2n) is 4.28. The molecule has 1 aromatic heterocycles. The zero-order chi connectivity index (χ0) is 15.7. The maximum absolute atomic E-state index is 12.2. The monoisotopic (exact) mass is 512 g/mol. The lowest BCUT2D eigenvalue weighted by Crippen LogP contribution is -2.14. The Kier molecular flexibility index (Phi) is 4.76. The van der Waals surface area contributed by atoms with Gasteiger partial charge in [0, 0.05) is 9.26 Å². The number of nitrogens with one attached hydrogen (secondary N) is 2. The Labute approximate surface area is 147 Å². The minimum atomic E-state index is -1.17. The number of amides is 1. The standard InChI is InChI=1S/C13H10I2N2O4/c1-5-2-9(10(16-5)13(20)21)17-12(19)7-3-6(14)4-8(15)11(7)18/h2-4,16,18H,1H3,(H,17,19)(H,20,21). The van der Waals surface area contributed by atoms with Crippen molar-refractivity contribution in [1.82, 2.24) is 4.98 Å². The number of aryl methyl sites for hydroxylation is 1. The van der Waals surface area contributed by atoms with Gasteiger partial charge in [0.15, 0.2) is 0 Å². The number of aromatic amines is 1. The first-order valence-corrected chi connectivity index (χ1v) is 7.87. The van der Waals surface area contributed by atoms with Crippen molar-refractivity contribution in [3.8, 4) is 5.75 Å². The molecule has 21 heavy (non-hydrogen) atoms. The van der Waals surface area contributed by atoms with Crippen molar-refractivity contribution >= 4 is 62.7 Å². The molecule has 1 heterocycles. The number of benzene rings is 1. The van der Waals surface area contributed by atoms with Crippen molar-refractivity contribution in [2.45, 2.75) is 6.92 Å². The van der Waals surface area contributed by atoms with E-state index in [2.05, 4.69) is 10.3 Å². The molecular formula is C13H10I2N2O4. The van der Waals surface area contributed by atoms with E-state index in [-0.39, 0.29) is 22.7 Å². The number of rotatable bonds is 3. The highest BCUT2D eigenvalue weighted by Gasteiger charge is 2.19. The molecule has 0 aliphatic heterocycles. The Morgan fingerprint density at radius 3 is 2.52 bits per heavy atom. The average Bonchev–Trinajstić information content (AvgIpc) is 2.74. The summed E-state index contributed by atoms with van der Waals surface area (Å²) in [4.78, 5) is 26.0. The number of hydrogen-bond acceptors (Lipinski definition) is 3. The summed E-state index contributed by atoms with van der Waals surface area (Å²) >= 11 is 3.96. The predicted molar refractivity (Wildman–Crippen MR) is 94.0 cm³/mol. The lowest BCUT2D eigenvalue weighted by molar-refractivity contribution is 0.0692. The number of aromatic nitrogens is 1. The summed E-state index contributed by atoms with van der Waals surface area (Å²) < 4.78 is 1.34. The van der Waals surface area contributed by atoms with Gasteiger partial charge in [-0.25, -0.2) is 4.79 Å². The van der Waals surface area contributed by atoms with E-state index in [1.165, 1.54) is 12.1 Å². The maximum atomic E-state index is 12.2. The molecule has 0 spiro atoms. The molecule has 0 bridgehead atoms. The van der Waals surface area contributed by atoms with Crippen molar-refractivity contribution in [2.24, 2.45) is 0 Å². The van der Waals surface area contributed by atoms with Crippen LogP contribution < -0.4 is 5.32 Å². The highest BCUT2D eigenvalue weighted by atomic mass is 127. The van der Waals surface area contributed by atoms with Gasteiger partial charge in [0.25, 0.3) is 5.91 Å². The van der Waals surface area contributed by atoms with Gasteiger partial charge in [0.05, 0.1) is 14.8 Å². The fraction of sp³-hybridized carbons (Fsp3) is 0.0769. The second kappa shape index (κ2) is 6.22. The van der Waals surface area contributed by atoms with Crippen LogP contribution in [0.25, 0.3) is 0 Å². The summed E-state index contributed by atoms with van der Waals surface area (Å²) in [5, 5.41) is 21.5. The van der Waals surface area contributed by atoms with Crippen molar-refractivity contribution in [1.29, 1.82) is 0 Å². The number of H-pyrrole nitrogens is 1. The fourth-order valence-electron chi connectivity index (χ4n) is 1.79. The minimum absolute atomic E-state index is 0.0966. The zero-order valence-electron chi connectivity index (χ0n) is 10.7. The number of aromatic carboxylic acids is 1. The molecule has 0 unspecified atom stereocenters. The van der Waals surface area contributed by atoms with Gasteiger partial charge >= 0.3 is 5.97 Å². The molecule has 2 aromatic rings.